The van der Waals surface area contributed by atoms with Crippen LogP contribution in [0, 0.1) is 12.8 Å². The molecule has 3 aromatic rings. The molecule has 1 aliphatic heterocycles. The Morgan fingerprint density at radius 2 is 1.97 bits per heavy atom. The highest BCUT2D eigenvalue weighted by Gasteiger charge is 2.35. The van der Waals surface area contributed by atoms with Gasteiger partial charge in [-0.25, -0.2) is 4.98 Å². The lowest BCUT2D eigenvalue weighted by Gasteiger charge is -2.31. The molecule has 0 aliphatic carbocycles. The van der Waals surface area contributed by atoms with Gasteiger partial charge in [-0.05, 0) is 49.9 Å². The molecule has 11 heteroatoms. The zero-order valence-electron chi connectivity index (χ0n) is 18.2. The number of hydrogen-bond donors (Lipinski definition) is 2. The van der Waals surface area contributed by atoms with Crippen LogP contribution in [0.1, 0.15) is 41.1 Å². The van der Waals surface area contributed by atoms with Gasteiger partial charge in [0.1, 0.15) is 0 Å². The number of aromatic nitrogens is 4. The molecule has 3 heterocycles. The van der Waals surface area contributed by atoms with Gasteiger partial charge in [0, 0.05) is 37.8 Å². The fourth-order valence-electron chi connectivity index (χ4n) is 4.03. The summed E-state index contributed by atoms with van der Waals surface area (Å²) < 4.78 is 40.3. The highest BCUT2D eigenvalue weighted by Crippen LogP contribution is 2.29. The van der Waals surface area contributed by atoms with Crippen LogP contribution in [0.2, 0.25) is 0 Å². The van der Waals surface area contributed by atoms with E-state index in [9.17, 15) is 22.8 Å². The van der Waals surface area contributed by atoms with Crippen LogP contribution in [0.3, 0.4) is 0 Å². The van der Waals surface area contributed by atoms with E-state index in [1.54, 1.807) is 9.58 Å². The molecule has 2 aromatic heterocycles. The van der Waals surface area contributed by atoms with Gasteiger partial charge in [0.15, 0.2) is 0 Å². The standard InChI is InChI=1S/C22H25F3N6O2/c1-14-4-10-31(29-14)11-7-26-19(32)12-15-5-8-30(9-6-15)20(33)16-2-3-17-18(13-16)28-21(27-17)22(23,24)25/h2-4,10,13,15H,5-9,11-12H2,1H3,(H,26,32)(H,27,28). The van der Waals surface area contributed by atoms with E-state index >= 15 is 0 Å². The van der Waals surface area contributed by atoms with Gasteiger partial charge in [0.05, 0.1) is 23.3 Å². The number of benzene rings is 1. The summed E-state index contributed by atoms with van der Waals surface area (Å²) in [6.07, 6.45) is -0.909. The summed E-state index contributed by atoms with van der Waals surface area (Å²) in [5, 5.41) is 7.18. The maximum absolute atomic E-state index is 12.8. The van der Waals surface area contributed by atoms with Gasteiger partial charge in [-0.2, -0.15) is 18.3 Å². The number of rotatable bonds is 6. The first-order valence-corrected chi connectivity index (χ1v) is 10.8. The third-order valence-corrected chi connectivity index (χ3v) is 5.81. The summed E-state index contributed by atoms with van der Waals surface area (Å²) in [6.45, 7) is 4.02. The average molecular weight is 462 g/mol. The Labute approximate surface area is 188 Å². The number of likely N-dealkylation sites (tertiary alicyclic amines) is 1. The van der Waals surface area contributed by atoms with Gasteiger partial charge in [0.2, 0.25) is 11.7 Å². The Balaban J connectivity index is 1.26. The Bertz CT molecular complexity index is 1140. The fraction of sp³-hybridized carbons (Fsp3) is 0.455. The summed E-state index contributed by atoms with van der Waals surface area (Å²) in [7, 11) is 0. The zero-order valence-corrected chi connectivity index (χ0v) is 18.2. The van der Waals surface area contributed by atoms with Gasteiger partial charge >= 0.3 is 6.18 Å². The van der Waals surface area contributed by atoms with E-state index in [2.05, 4.69) is 20.4 Å². The van der Waals surface area contributed by atoms with Gasteiger partial charge in [0.25, 0.3) is 5.91 Å². The third-order valence-electron chi connectivity index (χ3n) is 5.81. The number of amides is 2. The number of hydrogen-bond acceptors (Lipinski definition) is 4. The van der Waals surface area contributed by atoms with Crippen molar-refractivity contribution in [3.8, 4) is 0 Å². The number of aromatic amines is 1. The van der Waals surface area contributed by atoms with Crippen LogP contribution in [-0.4, -0.2) is 56.1 Å². The van der Waals surface area contributed by atoms with Crippen molar-refractivity contribution >= 4 is 22.8 Å². The van der Waals surface area contributed by atoms with Crippen LogP contribution in [0.4, 0.5) is 13.2 Å². The number of nitrogens with zero attached hydrogens (tertiary/aromatic N) is 4. The molecule has 1 aliphatic rings. The number of alkyl halides is 3. The second-order valence-corrected chi connectivity index (χ2v) is 8.32. The SMILES string of the molecule is Cc1ccn(CCNC(=O)CC2CCN(C(=O)c3ccc4nc(C(F)(F)F)[nH]c4c3)CC2)n1. The lowest BCUT2D eigenvalue weighted by molar-refractivity contribution is -0.144. The number of carbonyl (C=O) groups is 2. The Hall–Kier alpha value is -3.37. The van der Waals surface area contributed by atoms with Gasteiger partial charge in [-0.1, -0.05) is 0 Å². The van der Waals surface area contributed by atoms with Gasteiger partial charge in [-0.15, -0.1) is 0 Å². The van der Waals surface area contributed by atoms with Crippen molar-refractivity contribution in [3.63, 3.8) is 0 Å². The number of fused-ring (bicyclic) bond motifs is 1. The molecule has 2 N–H and O–H groups in total. The number of halogens is 3. The van der Waals surface area contributed by atoms with E-state index in [0.29, 0.717) is 51.0 Å². The molecule has 0 bridgehead atoms. The number of nitrogens with one attached hydrogen (secondary N) is 2. The first-order chi connectivity index (χ1) is 15.7. The van der Waals surface area contributed by atoms with E-state index < -0.39 is 12.0 Å². The van der Waals surface area contributed by atoms with Crippen molar-refractivity contribution in [2.75, 3.05) is 19.6 Å². The molecule has 0 atom stereocenters. The molecule has 1 saturated heterocycles. The summed E-state index contributed by atoms with van der Waals surface area (Å²) in [4.78, 5) is 32.5. The van der Waals surface area contributed by atoms with Crippen molar-refractivity contribution in [3.05, 3.63) is 47.5 Å². The van der Waals surface area contributed by atoms with Crippen LogP contribution >= 0.6 is 0 Å². The molecule has 0 saturated carbocycles. The monoisotopic (exact) mass is 462 g/mol. The second-order valence-electron chi connectivity index (χ2n) is 8.32. The van der Waals surface area contributed by atoms with Crippen molar-refractivity contribution in [2.24, 2.45) is 5.92 Å². The van der Waals surface area contributed by atoms with Crippen molar-refractivity contribution in [2.45, 2.75) is 38.9 Å². The molecule has 33 heavy (non-hydrogen) atoms. The highest BCUT2D eigenvalue weighted by molar-refractivity contribution is 5.97. The summed E-state index contributed by atoms with van der Waals surface area (Å²) >= 11 is 0. The first-order valence-electron chi connectivity index (χ1n) is 10.8. The minimum atomic E-state index is -4.57. The second kappa shape index (κ2) is 9.24. The molecule has 176 valence electrons. The number of H-pyrrole nitrogens is 1. The molecular formula is C22H25F3N6O2. The normalized spacial score (nSPS) is 15.2. The molecule has 0 unspecified atom stereocenters. The minimum absolute atomic E-state index is 0.0196. The molecule has 8 nitrogen and oxygen atoms in total. The zero-order chi connectivity index (χ0) is 23.6. The van der Waals surface area contributed by atoms with Gasteiger partial charge in [-0.3, -0.25) is 14.3 Å². The molecule has 4 rings (SSSR count). The van der Waals surface area contributed by atoms with Crippen LogP contribution in [0.25, 0.3) is 11.0 Å². The predicted octanol–water partition coefficient (Wildman–Crippen LogP) is 3.15. The quantitative estimate of drug-likeness (QED) is 0.588. The maximum atomic E-state index is 12.8. The Morgan fingerprint density at radius 3 is 2.64 bits per heavy atom. The van der Waals surface area contributed by atoms with E-state index in [1.807, 2.05) is 19.2 Å². The lowest BCUT2D eigenvalue weighted by Crippen LogP contribution is -2.39. The lowest BCUT2D eigenvalue weighted by atomic mass is 9.93. The number of piperidine rings is 1. The molecule has 1 fully saturated rings. The van der Waals surface area contributed by atoms with Crippen molar-refractivity contribution < 1.29 is 22.8 Å². The number of imidazole rings is 1. The van der Waals surface area contributed by atoms with E-state index in [-0.39, 0.29) is 28.8 Å². The molecule has 1 aromatic carbocycles. The van der Waals surface area contributed by atoms with Crippen molar-refractivity contribution in [1.29, 1.82) is 0 Å². The molecule has 0 radical (unpaired) electrons. The van der Waals surface area contributed by atoms with Gasteiger partial charge < -0.3 is 15.2 Å². The fourth-order valence-corrected chi connectivity index (χ4v) is 4.03. The average Bonchev–Trinajstić information content (AvgIpc) is 3.39. The number of aryl methyl sites for hydroxylation is 1. The summed E-state index contributed by atoms with van der Waals surface area (Å²) in [5.74, 6) is -1.15. The maximum Gasteiger partial charge on any atom is 0.449 e. The minimum Gasteiger partial charge on any atom is -0.354 e. The molecule has 2 amide bonds. The molecule has 0 spiro atoms. The van der Waals surface area contributed by atoms with Crippen LogP contribution in [0.5, 0.6) is 0 Å². The van der Waals surface area contributed by atoms with E-state index in [0.717, 1.165) is 5.69 Å². The van der Waals surface area contributed by atoms with Crippen LogP contribution in [-0.2, 0) is 17.5 Å². The smallest absolute Gasteiger partial charge is 0.354 e. The third kappa shape index (κ3) is 5.52. The van der Waals surface area contributed by atoms with Crippen molar-refractivity contribution in [1.82, 2.24) is 30.0 Å². The number of carbonyl (C=O) groups excluding carboxylic acids is 2. The van der Waals surface area contributed by atoms with Crippen LogP contribution in [0.15, 0.2) is 30.5 Å². The largest absolute Gasteiger partial charge is 0.449 e. The Kier molecular flexibility index (Phi) is 6.39. The molecular weight excluding hydrogens is 437 g/mol. The van der Waals surface area contributed by atoms with E-state index in [1.165, 1.54) is 18.2 Å². The van der Waals surface area contributed by atoms with E-state index in [4.69, 9.17) is 0 Å². The van der Waals surface area contributed by atoms with Crippen LogP contribution < -0.4 is 5.32 Å². The highest BCUT2D eigenvalue weighted by atomic mass is 19.4. The summed E-state index contributed by atoms with van der Waals surface area (Å²) in [6, 6.07) is 6.21. The predicted molar refractivity (Wildman–Crippen MR) is 114 cm³/mol. The first kappa shape index (κ1) is 22.8. The topological polar surface area (TPSA) is 95.9 Å². The Morgan fingerprint density at radius 1 is 1.21 bits per heavy atom. The summed E-state index contributed by atoms with van der Waals surface area (Å²) in [5.41, 5.74) is 1.57.